The van der Waals surface area contributed by atoms with Crippen molar-refractivity contribution in [2.45, 2.75) is 12.3 Å². The fraction of sp³-hybridized carbons (Fsp3) is 0.333. The predicted molar refractivity (Wildman–Crippen MR) is 84.4 cm³/mol. The second kappa shape index (κ2) is 6.97. The summed E-state index contributed by atoms with van der Waals surface area (Å²) in [7, 11) is 0. The molecule has 0 aliphatic carbocycles. The van der Waals surface area contributed by atoms with Gasteiger partial charge in [-0.15, -0.1) is 0 Å². The zero-order chi connectivity index (χ0) is 16.2. The summed E-state index contributed by atoms with van der Waals surface area (Å²) in [6, 6.07) is 3.94. The molecule has 1 aromatic heterocycles. The molecule has 0 bridgehead atoms. The number of carbonyl (C=O) groups excluding carboxylic acids is 1. The third-order valence-electron chi connectivity index (χ3n) is 3.67. The second-order valence-electron chi connectivity index (χ2n) is 5.30. The maximum Gasteiger partial charge on any atom is 0.262 e. The molecule has 122 valence electrons. The van der Waals surface area contributed by atoms with E-state index >= 15 is 0 Å². The number of amides is 1. The zero-order valence-electron chi connectivity index (χ0n) is 12.2. The Kier molecular flexibility index (Phi) is 4.78. The first kappa shape index (κ1) is 15.8. The van der Waals surface area contributed by atoms with Crippen LogP contribution in [0.2, 0.25) is 5.02 Å². The number of carbonyl (C=O) groups is 1. The average molecular weight is 339 g/mol. The number of anilines is 1. The number of ether oxygens (including phenoxy) is 1. The van der Waals surface area contributed by atoms with E-state index < -0.39 is 5.82 Å². The Hall–Kier alpha value is -2.12. The van der Waals surface area contributed by atoms with Crippen molar-refractivity contribution in [1.82, 2.24) is 15.5 Å². The number of hydrogen-bond acceptors (Lipinski definition) is 4. The Balaban J connectivity index is 1.57. The summed E-state index contributed by atoms with van der Waals surface area (Å²) in [6.07, 6.45) is 2.58. The van der Waals surface area contributed by atoms with Crippen molar-refractivity contribution in [2.24, 2.45) is 0 Å². The van der Waals surface area contributed by atoms with Crippen LogP contribution in [0.5, 0.6) is 5.75 Å². The molecule has 0 radical (unpaired) electrons. The van der Waals surface area contributed by atoms with E-state index in [2.05, 4.69) is 20.8 Å². The topological polar surface area (TPSA) is 79.0 Å². The van der Waals surface area contributed by atoms with Crippen molar-refractivity contribution in [3.63, 3.8) is 0 Å². The Labute approximate surface area is 137 Å². The maximum atomic E-state index is 13.1. The molecule has 1 aliphatic heterocycles. The fourth-order valence-corrected chi connectivity index (χ4v) is 2.68. The van der Waals surface area contributed by atoms with Crippen LogP contribution in [-0.2, 0) is 4.79 Å². The number of aromatic nitrogens is 2. The molecule has 1 fully saturated rings. The lowest BCUT2D eigenvalue weighted by atomic mass is 10.0. The first-order valence-corrected chi connectivity index (χ1v) is 7.63. The number of hydrogen-bond donors (Lipinski definition) is 3. The van der Waals surface area contributed by atoms with Gasteiger partial charge in [0.05, 0.1) is 22.6 Å². The van der Waals surface area contributed by atoms with Gasteiger partial charge >= 0.3 is 0 Å². The molecule has 1 saturated heterocycles. The van der Waals surface area contributed by atoms with Crippen molar-refractivity contribution in [1.29, 1.82) is 0 Å². The molecule has 1 amide bonds. The summed E-state index contributed by atoms with van der Waals surface area (Å²) in [6.45, 7) is 1.61. The highest BCUT2D eigenvalue weighted by Crippen LogP contribution is 2.27. The number of nitrogens with zero attached hydrogens (tertiary/aromatic N) is 1. The van der Waals surface area contributed by atoms with E-state index in [-0.39, 0.29) is 17.5 Å². The summed E-state index contributed by atoms with van der Waals surface area (Å²) in [5, 5.41) is 12.9. The lowest BCUT2D eigenvalue weighted by molar-refractivity contribution is -0.118. The monoisotopic (exact) mass is 338 g/mol. The summed E-state index contributed by atoms with van der Waals surface area (Å²) in [5.41, 5.74) is 1.57. The predicted octanol–water partition coefficient (Wildman–Crippen LogP) is 2.30. The van der Waals surface area contributed by atoms with Gasteiger partial charge in [0.15, 0.2) is 6.61 Å². The molecule has 1 unspecified atom stereocenters. The van der Waals surface area contributed by atoms with E-state index in [9.17, 15) is 9.18 Å². The second-order valence-corrected chi connectivity index (χ2v) is 5.71. The molecular weight excluding hydrogens is 323 g/mol. The van der Waals surface area contributed by atoms with Crippen LogP contribution in [0.3, 0.4) is 0 Å². The number of H-pyrrole nitrogens is 1. The van der Waals surface area contributed by atoms with Crippen LogP contribution in [0.15, 0.2) is 24.4 Å². The number of halogens is 2. The van der Waals surface area contributed by atoms with Crippen molar-refractivity contribution >= 4 is 23.2 Å². The fourth-order valence-electron chi connectivity index (χ4n) is 2.51. The van der Waals surface area contributed by atoms with E-state index in [1.807, 2.05) is 0 Å². The molecule has 3 rings (SSSR count). The van der Waals surface area contributed by atoms with Crippen LogP contribution in [0.4, 0.5) is 10.1 Å². The molecule has 0 spiro atoms. The zero-order valence-corrected chi connectivity index (χ0v) is 13.0. The van der Waals surface area contributed by atoms with Gasteiger partial charge in [0, 0.05) is 18.5 Å². The normalized spacial score (nSPS) is 17.2. The number of aromatic amines is 1. The van der Waals surface area contributed by atoms with E-state index in [1.165, 1.54) is 18.2 Å². The van der Waals surface area contributed by atoms with E-state index in [0.29, 0.717) is 17.4 Å². The van der Waals surface area contributed by atoms with Gasteiger partial charge in [0.2, 0.25) is 0 Å². The summed E-state index contributed by atoms with van der Waals surface area (Å²) >= 11 is 5.66. The summed E-state index contributed by atoms with van der Waals surface area (Å²) < 4.78 is 18.4. The number of rotatable bonds is 5. The Bertz CT molecular complexity index is 701. The van der Waals surface area contributed by atoms with Crippen LogP contribution in [0, 0.1) is 5.82 Å². The van der Waals surface area contributed by atoms with Crippen LogP contribution in [0.1, 0.15) is 18.0 Å². The Morgan fingerprint density at radius 1 is 1.52 bits per heavy atom. The lowest BCUT2D eigenvalue weighted by Gasteiger charge is -2.11. The van der Waals surface area contributed by atoms with Crippen molar-refractivity contribution in [3.05, 3.63) is 40.9 Å². The van der Waals surface area contributed by atoms with Gasteiger partial charge in [-0.3, -0.25) is 9.89 Å². The molecular formula is C15H16ClFN4O2. The lowest BCUT2D eigenvalue weighted by Crippen LogP contribution is -2.21. The Morgan fingerprint density at radius 2 is 2.39 bits per heavy atom. The van der Waals surface area contributed by atoms with Gasteiger partial charge in [-0.2, -0.15) is 5.10 Å². The summed E-state index contributed by atoms with van der Waals surface area (Å²) in [4.78, 5) is 12.0. The average Bonchev–Trinajstić information content (AvgIpc) is 3.19. The third-order valence-corrected chi connectivity index (χ3v) is 3.96. The van der Waals surface area contributed by atoms with E-state index in [0.717, 1.165) is 25.2 Å². The smallest absolute Gasteiger partial charge is 0.262 e. The Morgan fingerprint density at radius 3 is 3.13 bits per heavy atom. The number of nitrogens with one attached hydrogen (secondary N) is 3. The minimum absolute atomic E-state index is 0.0474. The quantitative estimate of drug-likeness (QED) is 0.781. The highest BCUT2D eigenvalue weighted by atomic mass is 35.5. The largest absolute Gasteiger partial charge is 0.484 e. The van der Waals surface area contributed by atoms with Crippen LogP contribution < -0.4 is 15.4 Å². The highest BCUT2D eigenvalue weighted by Gasteiger charge is 2.22. The highest BCUT2D eigenvalue weighted by molar-refractivity contribution is 6.30. The minimum Gasteiger partial charge on any atom is -0.484 e. The summed E-state index contributed by atoms with van der Waals surface area (Å²) in [5.74, 6) is -0.209. The van der Waals surface area contributed by atoms with Crippen molar-refractivity contribution in [3.8, 4) is 5.75 Å². The standard InChI is InChI=1S/C15H16ClFN4O2/c16-11-5-10(1-2-12(11)17)23-8-14(22)20-13-7-19-21-15(13)9-3-4-18-6-9/h1-2,5,7,9,18H,3-4,6,8H2,(H,19,21)(H,20,22). The van der Waals surface area contributed by atoms with Gasteiger partial charge < -0.3 is 15.4 Å². The van der Waals surface area contributed by atoms with E-state index in [1.54, 1.807) is 6.20 Å². The molecule has 23 heavy (non-hydrogen) atoms. The van der Waals surface area contributed by atoms with Gasteiger partial charge in [0.25, 0.3) is 5.91 Å². The van der Waals surface area contributed by atoms with Crippen LogP contribution in [-0.4, -0.2) is 35.8 Å². The van der Waals surface area contributed by atoms with Gasteiger partial charge in [0.1, 0.15) is 11.6 Å². The molecule has 0 saturated carbocycles. The van der Waals surface area contributed by atoms with Gasteiger partial charge in [-0.1, -0.05) is 11.6 Å². The molecule has 6 nitrogen and oxygen atoms in total. The van der Waals surface area contributed by atoms with Crippen LogP contribution in [0.25, 0.3) is 0 Å². The molecule has 2 aromatic rings. The van der Waals surface area contributed by atoms with Gasteiger partial charge in [-0.25, -0.2) is 4.39 Å². The first-order chi connectivity index (χ1) is 11.1. The molecule has 3 N–H and O–H groups in total. The SMILES string of the molecule is O=C(COc1ccc(F)c(Cl)c1)Nc1cn[nH]c1C1CCNC1. The third kappa shape index (κ3) is 3.80. The van der Waals surface area contributed by atoms with E-state index in [4.69, 9.17) is 16.3 Å². The van der Waals surface area contributed by atoms with Crippen molar-refractivity contribution < 1.29 is 13.9 Å². The molecule has 1 aromatic carbocycles. The molecule has 2 heterocycles. The first-order valence-electron chi connectivity index (χ1n) is 7.25. The molecule has 8 heteroatoms. The minimum atomic E-state index is -0.531. The van der Waals surface area contributed by atoms with Crippen LogP contribution >= 0.6 is 11.6 Å². The maximum absolute atomic E-state index is 13.1. The molecule has 1 atom stereocenters. The number of benzene rings is 1. The molecule has 1 aliphatic rings. The van der Waals surface area contributed by atoms with Gasteiger partial charge in [-0.05, 0) is 25.1 Å². The van der Waals surface area contributed by atoms with Crippen molar-refractivity contribution in [2.75, 3.05) is 25.0 Å².